The summed E-state index contributed by atoms with van der Waals surface area (Å²) in [6.07, 6.45) is 0. The highest BCUT2D eigenvalue weighted by Crippen LogP contribution is 2.50. The maximum atomic E-state index is 2.43. The summed E-state index contributed by atoms with van der Waals surface area (Å²) >= 11 is 0. The monoisotopic (exact) mass is 637 g/mol. The molecule has 0 heterocycles. The van der Waals surface area contributed by atoms with Gasteiger partial charge in [0.05, 0.1) is 0 Å². The second-order valence-corrected chi connectivity index (χ2v) is 13.0. The van der Waals surface area contributed by atoms with Crippen LogP contribution in [-0.4, -0.2) is 0 Å². The third-order valence-electron chi connectivity index (χ3n) is 9.88. The Morgan fingerprint density at radius 1 is 0.320 bits per heavy atom. The maximum Gasteiger partial charge on any atom is 0.0468 e. The number of nitrogens with zero attached hydrogens (tertiary/aromatic N) is 1. The number of fused-ring (bicyclic) bond motifs is 6. The number of hydrogen-bond donors (Lipinski definition) is 0. The largest absolute Gasteiger partial charge is 0.310 e. The van der Waals surface area contributed by atoms with E-state index in [2.05, 4.69) is 206 Å². The summed E-state index contributed by atoms with van der Waals surface area (Å²) in [6.45, 7) is 2.16. The Morgan fingerprint density at radius 3 is 1.42 bits per heavy atom. The van der Waals surface area contributed by atoms with Crippen molar-refractivity contribution >= 4 is 49.4 Å². The molecule has 0 N–H and O–H groups in total. The van der Waals surface area contributed by atoms with Crippen molar-refractivity contribution in [2.75, 3.05) is 4.90 Å². The molecule has 0 aliphatic heterocycles. The highest BCUT2D eigenvalue weighted by Gasteiger charge is 2.22. The lowest BCUT2D eigenvalue weighted by atomic mass is 9.81. The minimum absolute atomic E-state index is 1.12. The second-order valence-electron chi connectivity index (χ2n) is 13.0. The van der Waals surface area contributed by atoms with Crippen LogP contribution in [0.15, 0.2) is 194 Å². The zero-order valence-electron chi connectivity index (χ0n) is 27.9. The summed E-state index contributed by atoms with van der Waals surface area (Å²) in [4.78, 5) is 2.36. The first-order chi connectivity index (χ1) is 24.7. The van der Waals surface area contributed by atoms with Crippen LogP contribution < -0.4 is 4.90 Å². The fourth-order valence-electron chi connectivity index (χ4n) is 7.59. The van der Waals surface area contributed by atoms with Crippen molar-refractivity contribution in [3.63, 3.8) is 0 Å². The molecule has 0 fully saturated rings. The number of para-hydroxylation sites is 2. The average Bonchev–Trinajstić information content (AvgIpc) is 3.19. The molecule has 0 saturated carbocycles. The lowest BCUT2D eigenvalue weighted by molar-refractivity contribution is 1.29. The second kappa shape index (κ2) is 12.5. The van der Waals surface area contributed by atoms with Crippen molar-refractivity contribution < 1.29 is 0 Å². The van der Waals surface area contributed by atoms with E-state index >= 15 is 0 Å². The van der Waals surface area contributed by atoms with E-state index in [0.717, 1.165) is 17.1 Å². The molecule has 9 aromatic rings. The summed E-state index contributed by atoms with van der Waals surface area (Å²) in [5.74, 6) is 0. The van der Waals surface area contributed by atoms with Gasteiger partial charge in [-0.2, -0.15) is 0 Å². The highest BCUT2D eigenvalue weighted by atomic mass is 15.1. The van der Waals surface area contributed by atoms with Crippen molar-refractivity contribution in [1.29, 1.82) is 0 Å². The fraction of sp³-hybridized carbons (Fsp3) is 0.0204. The minimum Gasteiger partial charge on any atom is -0.310 e. The van der Waals surface area contributed by atoms with Crippen molar-refractivity contribution in [2.24, 2.45) is 0 Å². The number of anilines is 3. The van der Waals surface area contributed by atoms with Crippen LogP contribution in [0.5, 0.6) is 0 Å². The van der Waals surface area contributed by atoms with Crippen LogP contribution in [-0.2, 0) is 0 Å². The maximum absolute atomic E-state index is 2.43. The van der Waals surface area contributed by atoms with Crippen LogP contribution in [0.1, 0.15) is 5.56 Å². The molecule has 1 heteroatoms. The quantitative estimate of drug-likeness (QED) is 0.164. The Bertz CT molecular complexity index is 2570. The van der Waals surface area contributed by atoms with Crippen molar-refractivity contribution in [1.82, 2.24) is 0 Å². The van der Waals surface area contributed by atoms with Crippen LogP contribution in [0.25, 0.3) is 65.7 Å². The average molecular weight is 638 g/mol. The summed E-state index contributed by atoms with van der Waals surface area (Å²) in [5.41, 5.74) is 12.0. The Morgan fingerprint density at radius 2 is 0.820 bits per heavy atom. The SMILES string of the molecule is Cc1ccc(-c2c(-c3ccccc3)cc(-c3ccccc3)c3c4ccccc4c4cc(N(c5ccccc5)c5ccccc5)ccc4c23)cc1. The van der Waals surface area contributed by atoms with Crippen molar-refractivity contribution in [3.8, 4) is 33.4 Å². The van der Waals surface area contributed by atoms with Crippen LogP contribution >= 0.6 is 0 Å². The van der Waals surface area contributed by atoms with Crippen molar-refractivity contribution in [3.05, 3.63) is 200 Å². The van der Waals surface area contributed by atoms with Crippen LogP contribution in [0.4, 0.5) is 17.1 Å². The Kier molecular flexibility index (Phi) is 7.44. The van der Waals surface area contributed by atoms with Gasteiger partial charge < -0.3 is 4.90 Å². The van der Waals surface area contributed by atoms with Gasteiger partial charge in [-0.05, 0) is 115 Å². The minimum atomic E-state index is 1.12. The smallest absolute Gasteiger partial charge is 0.0468 e. The van der Waals surface area contributed by atoms with E-state index in [1.54, 1.807) is 0 Å². The first kappa shape index (κ1) is 29.7. The van der Waals surface area contributed by atoms with Gasteiger partial charge in [-0.25, -0.2) is 0 Å². The summed E-state index contributed by atoms with van der Waals surface area (Å²) < 4.78 is 0. The van der Waals surface area contributed by atoms with E-state index in [1.165, 1.54) is 71.3 Å². The van der Waals surface area contributed by atoms with Gasteiger partial charge in [0.25, 0.3) is 0 Å². The van der Waals surface area contributed by atoms with E-state index in [0.29, 0.717) is 0 Å². The number of benzene rings is 9. The summed E-state index contributed by atoms with van der Waals surface area (Å²) in [6, 6.07) is 70.6. The van der Waals surface area contributed by atoms with Gasteiger partial charge in [-0.3, -0.25) is 0 Å². The molecule has 0 aromatic heterocycles. The van der Waals surface area contributed by atoms with Gasteiger partial charge in [-0.15, -0.1) is 0 Å². The molecule has 9 rings (SSSR count). The Balaban J connectivity index is 1.47. The number of aryl methyl sites for hydroxylation is 1. The molecule has 0 unspecified atom stereocenters. The molecule has 0 aliphatic carbocycles. The normalized spacial score (nSPS) is 11.3. The van der Waals surface area contributed by atoms with Gasteiger partial charge in [0.15, 0.2) is 0 Å². The van der Waals surface area contributed by atoms with Crippen LogP contribution in [0.3, 0.4) is 0 Å². The Labute approximate surface area is 293 Å². The molecule has 0 spiro atoms. The molecule has 50 heavy (non-hydrogen) atoms. The van der Waals surface area contributed by atoms with E-state index in [-0.39, 0.29) is 0 Å². The van der Waals surface area contributed by atoms with E-state index in [1.807, 2.05) is 0 Å². The van der Waals surface area contributed by atoms with Gasteiger partial charge in [-0.1, -0.05) is 157 Å². The molecule has 9 aromatic carbocycles. The summed E-state index contributed by atoms with van der Waals surface area (Å²) in [7, 11) is 0. The number of hydrogen-bond acceptors (Lipinski definition) is 1. The van der Waals surface area contributed by atoms with E-state index < -0.39 is 0 Å². The molecule has 0 atom stereocenters. The molecular weight excluding hydrogens is 603 g/mol. The molecule has 0 amide bonds. The summed E-state index contributed by atoms with van der Waals surface area (Å²) in [5, 5.41) is 7.54. The third-order valence-corrected chi connectivity index (χ3v) is 9.88. The van der Waals surface area contributed by atoms with E-state index in [9.17, 15) is 0 Å². The van der Waals surface area contributed by atoms with E-state index in [4.69, 9.17) is 0 Å². The molecule has 0 radical (unpaired) electrons. The van der Waals surface area contributed by atoms with Gasteiger partial charge in [0.1, 0.15) is 0 Å². The zero-order valence-corrected chi connectivity index (χ0v) is 27.9. The van der Waals surface area contributed by atoms with Gasteiger partial charge in [0.2, 0.25) is 0 Å². The molecule has 0 bridgehead atoms. The molecule has 0 aliphatic rings. The number of rotatable bonds is 6. The third kappa shape index (κ3) is 5.12. The predicted octanol–water partition coefficient (Wildman–Crippen LogP) is 13.9. The van der Waals surface area contributed by atoms with Gasteiger partial charge >= 0.3 is 0 Å². The first-order valence-electron chi connectivity index (χ1n) is 17.3. The van der Waals surface area contributed by atoms with Crippen LogP contribution in [0.2, 0.25) is 0 Å². The first-order valence-corrected chi connectivity index (χ1v) is 17.3. The fourth-order valence-corrected chi connectivity index (χ4v) is 7.59. The highest BCUT2D eigenvalue weighted by molar-refractivity contribution is 6.33. The lowest BCUT2D eigenvalue weighted by Crippen LogP contribution is -2.09. The van der Waals surface area contributed by atoms with Crippen molar-refractivity contribution in [2.45, 2.75) is 6.92 Å². The molecular formula is C49H35N. The van der Waals surface area contributed by atoms with Crippen LogP contribution in [0, 0.1) is 6.92 Å². The molecule has 0 saturated heterocycles. The molecule has 236 valence electrons. The topological polar surface area (TPSA) is 3.24 Å². The predicted molar refractivity (Wildman–Crippen MR) is 215 cm³/mol. The lowest BCUT2D eigenvalue weighted by Gasteiger charge is -2.27. The Hall–Kier alpha value is -6.44. The zero-order chi connectivity index (χ0) is 33.4. The van der Waals surface area contributed by atoms with Gasteiger partial charge in [0, 0.05) is 17.1 Å². The standard InChI is InChI=1S/C49H35N/c1-34-26-28-37(29-27-34)47-44(35-16-6-2-7-17-35)33-45(36-18-8-3-9-19-36)48-42-25-15-14-24-41(42)46-32-40(30-31-43(46)49(47)48)50(38-20-10-4-11-21-38)39-22-12-5-13-23-39/h2-33H,1H3. The molecule has 1 nitrogen and oxygen atoms in total.